The summed E-state index contributed by atoms with van der Waals surface area (Å²) in [6, 6.07) is 2.77. The van der Waals surface area contributed by atoms with Crippen LogP contribution in [0.5, 0.6) is 5.75 Å². The molecule has 0 aliphatic rings. The van der Waals surface area contributed by atoms with Gasteiger partial charge in [0.25, 0.3) is 0 Å². The molecule has 0 aliphatic heterocycles. The Morgan fingerprint density at radius 1 is 1.55 bits per heavy atom. The fourth-order valence-electron chi connectivity index (χ4n) is 1.89. The van der Waals surface area contributed by atoms with Crippen molar-refractivity contribution >= 4 is 28.4 Å². The van der Waals surface area contributed by atoms with Crippen LogP contribution in [0.1, 0.15) is 23.2 Å². The maximum Gasteiger partial charge on any atom is 0.170 e. The van der Waals surface area contributed by atoms with E-state index in [0.717, 1.165) is 17.7 Å². The normalized spacial score (nSPS) is 11.7. The summed E-state index contributed by atoms with van der Waals surface area (Å²) in [7, 11) is 0. The molecule has 0 atom stereocenters. The number of rotatable bonds is 6. The summed E-state index contributed by atoms with van der Waals surface area (Å²) < 4.78 is 24.9. The van der Waals surface area contributed by atoms with Crippen molar-refractivity contribution in [2.75, 3.05) is 6.61 Å². The van der Waals surface area contributed by atoms with Gasteiger partial charge in [-0.25, -0.2) is 4.39 Å². The molecule has 0 unspecified atom stereocenters. The van der Waals surface area contributed by atoms with Gasteiger partial charge >= 0.3 is 0 Å². The van der Waals surface area contributed by atoms with Crippen LogP contribution in [0, 0.1) is 16.3 Å². The van der Waals surface area contributed by atoms with Crippen molar-refractivity contribution in [3.63, 3.8) is 0 Å². The molecule has 6 nitrogen and oxygen atoms in total. The van der Waals surface area contributed by atoms with Gasteiger partial charge in [0.1, 0.15) is 6.26 Å². The average Bonchev–Trinajstić information content (AvgIpc) is 2.90. The molecule has 0 radical (unpaired) electrons. The molecule has 2 aromatic rings. The lowest BCUT2D eigenvalue weighted by molar-refractivity contribution is 0.293. The molecule has 1 aromatic carbocycles. The van der Waals surface area contributed by atoms with Crippen molar-refractivity contribution < 1.29 is 18.9 Å². The smallest absolute Gasteiger partial charge is 0.170 e. The highest BCUT2D eigenvalue weighted by atomic mass is 127. The van der Waals surface area contributed by atoms with Gasteiger partial charge in [-0.2, -0.15) is 0 Å². The van der Waals surface area contributed by atoms with Crippen molar-refractivity contribution in [1.82, 2.24) is 5.16 Å². The Kier molecular flexibility index (Phi) is 5.58. The van der Waals surface area contributed by atoms with Crippen molar-refractivity contribution in [2.24, 2.45) is 10.9 Å². The zero-order valence-electron chi connectivity index (χ0n) is 11.8. The van der Waals surface area contributed by atoms with E-state index in [1.165, 1.54) is 6.07 Å². The predicted molar refractivity (Wildman–Crippen MR) is 86.7 cm³/mol. The lowest BCUT2D eigenvalue weighted by atomic mass is 10.1. The second-order valence-corrected chi connectivity index (χ2v) is 5.79. The van der Waals surface area contributed by atoms with Crippen LogP contribution < -0.4 is 10.5 Å². The minimum Gasteiger partial charge on any atom is -0.489 e. The largest absolute Gasteiger partial charge is 0.489 e. The molecular formula is C14H15FIN3O3. The lowest BCUT2D eigenvalue weighted by Gasteiger charge is -2.10. The van der Waals surface area contributed by atoms with E-state index in [-0.39, 0.29) is 11.6 Å². The summed E-state index contributed by atoms with van der Waals surface area (Å²) in [4.78, 5) is 0. The number of amidine groups is 1. The molecule has 0 fully saturated rings. The minimum atomic E-state index is -0.547. The Labute approximate surface area is 140 Å². The monoisotopic (exact) mass is 419 g/mol. The van der Waals surface area contributed by atoms with Crippen LogP contribution in [0.25, 0.3) is 0 Å². The first-order chi connectivity index (χ1) is 10.5. The second kappa shape index (κ2) is 7.43. The Morgan fingerprint density at radius 2 is 2.32 bits per heavy atom. The van der Waals surface area contributed by atoms with E-state index in [9.17, 15) is 4.39 Å². The van der Waals surface area contributed by atoms with Crippen LogP contribution >= 0.6 is 22.6 Å². The standard InChI is InChI=1S/C14H15FIN3O3/c1-8-9(7-22-19-8)3-2-4-21-13-11(15)5-10(6-12(13)16)14(17)18-20/h5-7,20H,2-4H2,1H3,(H2,17,18). The van der Waals surface area contributed by atoms with E-state index in [2.05, 4.69) is 10.3 Å². The van der Waals surface area contributed by atoms with Crippen molar-refractivity contribution in [3.05, 3.63) is 44.6 Å². The molecule has 0 aliphatic carbocycles. The molecular weight excluding hydrogens is 404 g/mol. The molecule has 1 heterocycles. The third kappa shape index (κ3) is 3.87. The second-order valence-electron chi connectivity index (χ2n) is 4.63. The number of nitrogens with zero attached hydrogens (tertiary/aromatic N) is 2. The average molecular weight is 419 g/mol. The summed E-state index contributed by atoms with van der Waals surface area (Å²) in [6.45, 7) is 2.23. The maximum atomic E-state index is 14.0. The lowest BCUT2D eigenvalue weighted by Crippen LogP contribution is -2.14. The Bertz CT molecular complexity index is 665. The molecule has 0 amide bonds. The molecule has 2 rings (SSSR count). The topological polar surface area (TPSA) is 93.9 Å². The Hall–Kier alpha value is -1.84. The third-order valence-electron chi connectivity index (χ3n) is 3.09. The number of hydrogen-bond donors (Lipinski definition) is 2. The first-order valence-corrected chi connectivity index (χ1v) is 7.60. The highest BCUT2D eigenvalue weighted by Crippen LogP contribution is 2.26. The van der Waals surface area contributed by atoms with E-state index in [4.69, 9.17) is 20.2 Å². The summed E-state index contributed by atoms with van der Waals surface area (Å²) in [5.74, 6) is -0.530. The maximum absolute atomic E-state index is 14.0. The number of hydrogen-bond acceptors (Lipinski definition) is 5. The molecule has 0 saturated carbocycles. The van der Waals surface area contributed by atoms with Gasteiger partial charge in [-0.3, -0.25) is 0 Å². The highest BCUT2D eigenvalue weighted by molar-refractivity contribution is 14.1. The molecule has 0 bridgehead atoms. The molecule has 1 aromatic heterocycles. The first-order valence-electron chi connectivity index (χ1n) is 6.52. The van der Waals surface area contributed by atoms with E-state index >= 15 is 0 Å². The number of aromatic nitrogens is 1. The Balaban J connectivity index is 1.97. The summed E-state index contributed by atoms with van der Waals surface area (Å²) in [6.07, 6.45) is 3.06. The van der Waals surface area contributed by atoms with Crippen molar-refractivity contribution in [2.45, 2.75) is 19.8 Å². The van der Waals surface area contributed by atoms with E-state index in [1.54, 1.807) is 12.3 Å². The summed E-state index contributed by atoms with van der Waals surface area (Å²) in [5.41, 5.74) is 7.61. The van der Waals surface area contributed by atoms with Gasteiger partial charge in [-0.1, -0.05) is 10.3 Å². The number of nitrogens with two attached hydrogens (primary N) is 1. The molecule has 22 heavy (non-hydrogen) atoms. The quantitative estimate of drug-likeness (QED) is 0.188. The van der Waals surface area contributed by atoms with Gasteiger partial charge in [0.15, 0.2) is 17.4 Å². The molecule has 3 N–H and O–H groups in total. The molecule has 8 heteroatoms. The third-order valence-corrected chi connectivity index (χ3v) is 3.89. The molecule has 0 spiro atoms. The molecule has 0 saturated heterocycles. The van der Waals surface area contributed by atoms with Crippen LogP contribution in [0.15, 0.2) is 28.1 Å². The SMILES string of the molecule is Cc1nocc1CCCOc1c(F)cc(C(N)=NO)cc1I. The zero-order valence-corrected chi connectivity index (χ0v) is 14.0. The molecule has 118 valence electrons. The van der Waals surface area contributed by atoms with Crippen LogP contribution in [0.3, 0.4) is 0 Å². The van der Waals surface area contributed by atoms with Crippen molar-refractivity contribution in [3.8, 4) is 5.75 Å². The van der Waals surface area contributed by atoms with Crippen LogP contribution in [0.2, 0.25) is 0 Å². The minimum absolute atomic E-state index is 0.147. The van der Waals surface area contributed by atoms with Crippen molar-refractivity contribution in [1.29, 1.82) is 0 Å². The fourth-order valence-corrected chi connectivity index (χ4v) is 2.64. The van der Waals surface area contributed by atoms with Gasteiger partial charge in [0, 0.05) is 11.1 Å². The van der Waals surface area contributed by atoms with E-state index < -0.39 is 5.82 Å². The predicted octanol–water partition coefficient (Wildman–Crippen LogP) is 2.83. The zero-order chi connectivity index (χ0) is 16.1. The van der Waals surface area contributed by atoms with Gasteiger partial charge in [0.2, 0.25) is 0 Å². The number of aryl methyl sites for hydroxylation is 2. The number of halogens is 2. The van der Waals surface area contributed by atoms with Crippen LogP contribution in [-0.2, 0) is 6.42 Å². The van der Waals surface area contributed by atoms with E-state index in [0.29, 0.717) is 22.2 Å². The number of ether oxygens (including phenoxy) is 1. The summed E-state index contributed by atoms with van der Waals surface area (Å²) >= 11 is 1.95. The van der Waals surface area contributed by atoms with E-state index in [1.807, 2.05) is 29.5 Å². The van der Waals surface area contributed by atoms with Gasteiger partial charge in [-0.05, 0) is 54.5 Å². The van der Waals surface area contributed by atoms with Gasteiger partial charge in [-0.15, -0.1) is 0 Å². The first kappa shape index (κ1) is 16.5. The fraction of sp³-hybridized carbons (Fsp3) is 0.286. The number of oxime groups is 1. The van der Waals surface area contributed by atoms with Gasteiger partial charge < -0.3 is 20.2 Å². The van der Waals surface area contributed by atoms with Crippen LogP contribution in [-0.4, -0.2) is 22.8 Å². The Morgan fingerprint density at radius 3 is 2.91 bits per heavy atom. The van der Waals surface area contributed by atoms with Gasteiger partial charge in [0.05, 0.1) is 15.9 Å². The number of benzene rings is 1. The highest BCUT2D eigenvalue weighted by Gasteiger charge is 2.13. The summed E-state index contributed by atoms with van der Waals surface area (Å²) in [5, 5.41) is 15.3. The van der Waals surface area contributed by atoms with Crippen LogP contribution in [0.4, 0.5) is 4.39 Å².